The van der Waals surface area contributed by atoms with Gasteiger partial charge in [-0.25, -0.2) is 0 Å². The lowest BCUT2D eigenvalue weighted by Crippen LogP contribution is -2.51. The number of para-hydroxylation sites is 1. The molecule has 4 rings (SSSR count). The first-order valence-corrected chi connectivity index (χ1v) is 12.1. The van der Waals surface area contributed by atoms with Gasteiger partial charge in [0.1, 0.15) is 23.3 Å². The Kier molecular flexibility index (Phi) is 8.97. The Hall–Kier alpha value is -4.52. The third-order valence-electron chi connectivity index (χ3n) is 5.91. The number of carbonyl (C=O) groups is 2. The summed E-state index contributed by atoms with van der Waals surface area (Å²) in [5.74, 6) is 1.36. The first-order valence-electron chi connectivity index (χ1n) is 12.1. The van der Waals surface area contributed by atoms with Crippen LogP contribution in [0.3, 0.4) is 0 Å². The number of methoxy groups -OCH3 is 1. The van der Waals surface area contributed by atoms with Crippen molar-refractivity contribution in [1.82, 2.24) is 10.2 Å². The maximum Gasteiger partial charge on any atom is 0.261 e. The Morgan fingerprint density at radius 1 is 0.838 bits per heavy atom. The number of nitrogens with one attached hydrogen (secondary N) is 1. The van der Waals surface area contributed by atoms with Gasteiger partial charge in [0.15, 0.2) is 6.61 Å². The molecule has 0 aliphatic carbocycles. The number of furan rings is 1. The van der Waals surface area contributed by atoms with E-state index in [4.69, 9.17) is 13.9 Å². The van der Waals surface area contributed by atoms with Crippen LogP contribution in [0.1, 0.15) is 16.9 Å². The van der Waals surface area contributed by atoms with Gasteiger partial charge in [-0.3, -0.25) is 9.59 Å². The van der Waals surface area contributed by atoms with Crippen LogP contribution in [0.15, 0.2) is 108 Å². The van der Waals surface area contributed by atoms with Crippen LogP contribution >= 0.6 is 0 Å². The molecule has 0 aliphatic rings. The number of nitrogens with zero attached hydrogens (tertiary/aromatic N) is 1. The predicted molar refractivity (Wildman–Crippen MR) is 140 cm³/mol. The van der Waals surface area contributed by atoms with Gasteiger partial charge in [-0.1, -0.05) is 60.7 Å². The Balaban J connectivity index is 1.60. The molecule has 3 aromatic carbocycles. The molecule has 7 nitrogen and oxygen atoms in total. The zero-order valence-corrected chi connectivity index (χ0v) is 20.7. The summed E-state index contributed by atoms with van der Waals surface area (Å²) in [6.07, 6.45) is 1.90. The van der Waals surface area contributed by atoms with Gasteiger partial charge in [0.25, 0.3) is 5.91 Å². The van der Waals surface area contributed by atoms with E-state index in [1.54, 1.807) is 42.5 Å². The van der Waals surface area contributed by atoms with Crippen LogP contribution in [0.4, 0.5) is 0 Å². The average Bonchev–Trinajstić information content (AvgIpc) is 3.47. The summed E-state index contributed by atoms with van der Waals surface area (Å²) in [5, 5.41) is 2.93. The molecule has 7 heteroatoms. The van der Waals surface area contributed by atoms with E-state index >= 15 is 0 Å². The van der Waals surface area contributed by atoms with Gasteiger partial charge in [-0.2, -0.15) is 0 Å². The fraction of sp³-hybridized carbons (Fsp3) is 0.200. The van der Waals surface area contributed by atoms with E-state index in [1.807, 2.05) is 72.8 Å². The largest absolute Gasteiger partial charge is 0.497 e. The molecule has 0 fully saturated rings. The third kappa shape index (κ3) is 7.48. The van der Waals surface area contributed by atoms with Crippen LogP contribution in [0.2, 0.25) is 0 Å². The Morgan fingerprint density at radius 3 is 2.19 bits per heavy atom. The second-order valence-corrected chi connectivity index (χ2v) is 8.47. The lowest BCUT2D eigenvalue weighted by Gasteiger charge is -2.31. The van der Waals surface area contributed by atoms with Gasteiger partial charge in [-0.15, -0.1) is 0 Å². The number of amides is 2. The molecule has 0 radical (unpaired) electrons. The molecular weight excluding hydrogens is 468 g/mol. The van der Waals surface area contributed by atoms with Crippen molar-refractivity contribution < 1.29 is 23.5 Å². The number of benzene rings is 3. The number of hydrogen-bond acceptors (Lipinski definition) is 5. The summed E-state index contributed by atoms with van der Waals surface area (Å²) in [6, 6.07) is 29.0. The van der Waals surface area contributed by atoms with Crippen molar-refractivity contribution in [3.63, 3.8) is 0 Å². The fourth-order valence-corrected chi connectivity index (χ4v) is 3.93. The van der Waals surface area contributed by atoms with Crippen LogP contribution in [0.5, 0.6) is 11.5 Å². The van der Waals surface area contributed by atoms with Gasteiger partial charge in [-0.05, 0) is 47.5 Å². The van der Waals surface area contributed by atoms with Crippen molar-refractivity contribution in [1.29, 1.82) is 0 Å². The van der Waals surface area contributed by atoms with Crippen LogP contribution in [0, 0.1) is 0 Å². The Morgan fingerprint density at radius 2 is 1.54 bits per heavy atom. The molecular formula is C30H30N2O5. The van der Waals surface area contributed by atoms with Gasteiger partial charge >= 0.3 is 0 Å². The van der Waals surface area contributed by atoms with Crippen LogP contribution in [0.25, 0.3) is 0 Å². The molecule has 1 atom stereocenters. The molecule has 4 aromatic rings. The quantitative estimate of drug-likeness (QED) is 0.308. The van der Waals surface area contributed by atoms with Gasteiger partial charge in [0.2, 0.25) is 5.91 Å². The van der Waals surface area contributed by atoms with Gasteiger partial charge in [0, 0.05) is 13.0 Å². The minimum atomic E-state index is -0.772. The van der Waals surface area contributed by atoms with Gasteiger partial charge in [0.05, 0.1) is 19.9 Å². The number of rotatable bonds is 12. The molecule has 1 heterocycles. The number of hydrogen-bond donors (Lipinski definition) is 1. The maximum atomic E-state index is 13.6. The van der Waals surface area contributed by atoms with E-state index in [0.717, 1.165) is 11.1 Å². The second-order valence-electron chi connectivity index (χ2n) is 8.47. The smallest absolute Gasteiger partial charge is 0.261 e. The molecule has 37 heavy (non-hydrogen) atoms. The summed E-state index contributed by atoms with van der Waals surface area (Å²) in [4.78, 5) is 28.7. The summed E-state index contributed by atoms with van der Waals surface area (Å²) in [5.41, 5.74) is 1.81. The average molecular weight is 499 g/mol. The van der Waals surface area contributed by atoms with Crippen molar-refractivity contribution in [2.75, 3.05) is 13.7 Å². The minimum absolute atomic E-state index is 0.197. The van der Waals surface area contributed by atoms with E-state index < -0.39 is 6.04 Å². The molecule has 0 bridgehead atoms. The standard InChI is InChI=1S/C30H30N2O5/c1-35-25-16-14-24(15-17-25)21-32(29(33)22-37-26-11-6-3-7-12-26)28(19-23-9-4-2-5-10-23)30(34)31-20-27-13-8-18-36-27/h2-18,28H,19-22H2,1H3,(H,31,34)/t28-/m1/s1. The van der Waals surface area contributed by atoms with Crippen LogP contribution < -0.4 is 14.8 Å². The zero-order valence-electron chi connectivity index (χ0n) is 20.7. The molecule has 2 amide bonds. The lowest BCUT2D eigenvalue weighted by atomic mass is 10.0. The molecule has 0 saturated carbocycles. The Labute approximate surface area is 216 Å². The first kappa shape index (κ1) is 25.6. The minimum Gasteiger partial charge on any atom is -0.497 e. The lowest BCUT2D eigenvalue weighted by molar-refractivity contribution is -0.142. The van der Waals surface area contributed by atoms with E-state index in [9.17, 15) is 9.59 Å². The summed E-state index contributed by atoms with van der Waals surface area (Å²) < 4.78 is 16.4. The molecule has 0 aliphatic heterocycles. The normalized spacial score (nSPS) is 11.4. The highest BCUT2D eigenvalue weighted by Crippen LogP contribution is 2.18. The number of ether oxygens (including phenoxy) is 2. The van der Waals surface area contributed by atoms with E-state index in [2.05, 4.69) is 5.32 Å². The molecule has 0 saturated heterocycles. The van der Waals surface area contributed by atoms with E-state index in [1.165, 1.54) is 0 Å². The van der Waals surface area contributed by atoms with Crippen LogP contribution in [-0.4, -0.2) is 36.5 Å². The zero-order chi connectivity index (χ0) is 25.9. The van der Waals surface area contributed by atoms with E-state index in [-0.39, 0.29) is 31.5 Å². The summed E-state index contributed by atoms with van der Waals surface area (Å²) >= 11 is 0. The molecule has 1 N–H and O–H groups in total. The van der Waals surface area contributed by atoms with Crippen molar-refractivity contribution >= 4 is 11.8 Å². The predicted octanol–water partition coefficient (Wildman–Crippen LogP) is 4.62. The van der Waals surface area contributed by atoms with Crippen molar-refractivity contribution in [2.45, 2.75) is 25.6 Å². The van der Waals surface area contributed by atoms with Crippen molar-refractivity contribution in [2.24, 2.45) is 0 Å². The van der Waals surface area contributed by atoms with Gasteiger partial charge < -0.3 is 24.1 Å². The molecule has 0 spiro atoms. The van der Waals surface area contributed by atoms with E-state index in [0.29, 0.717) is 23.7 Å². The monoisotopic (exact) mass is 498 g/mol. The first-order chi connectivity index (χ1) is 18.1. The summed E-state index contributed by atoms with van der Waals surface area (Å²) in [7, 11) is 1.60. The highest BCUT2D eigenvalue weighted by molar-refractivity contribution is 5.88. The highest BCUT2D eigenvalue weighted by Gasteiger charge is 2.30. The third-order valence-corrected chi connectivity index (χ3v) is 5.91. The fourth-order valence-electron chi connectivity index (χ4n) is 3.93. The topological polar surface area (TPSA) is 81.0 Å². The Bertz CT molecular complexity index is 1240. The molecule has 1 aromatic heterocycles. The molecule has 190 valence electrons. The highest BCUT2D eigenvalue weighted by atomic mass is 16.5. The van der Waals surface area contributed by atoms with Crippen molar-refractivity contribution in [3.8, 4) is 11.5 Å². The maximum absolute atomic E-state index is 13.6. The molecule has 0 unspecified atom stereocenters. The summed E-state index contributed by atoms with van der Waals surface area (Å²) in [6.45, 7) is 0.256. The second kappa shape index (κ2) is 13.0. The van der Waals surface area contributed by atoms with Crippen LogP contribution in [-0.2, 0) is 29.1 Å². The SMILES string of the molecule is COc1ccc(CN(C(=O)COc2ccccc2)[C@H](Cc2ccccc2)C(=O)NCc2ccco2)cc1. The van der Waals surface area contributed by atoms with Crippen molar-refractivity contribution in [3.05, 3.63) is 120 Å². The number of carbonyl (C=O) groups excluding carboxylic acids is 2.